The van der Waals surface area contributed by atoms with Crippen LogP contribution in [0.5, 0.6) is 0 Å². The predicted molar refractivity (Wildman–Crippen MR) is 79.6 cm³/mol. The highest BCUT2D eigenvalue weighted by atomic mass is 16.1. The lowest BCUT2D eigenvalue weighted by Gasteiger charge is -2.17. The molecule has 0 radical (unpaired) electrons. The number of carbonyl (C=O) groups excluding carboxylic acids is 1. The number of hydrogen-bond acceptors (Lipinski definition) is 2. The maximum Gasteiger partial charge on any atom is 0.255 e. The number of nitrogens with one attached hydrogen (secondary N) is 1. The van der Waals surface area contributed by atoms with E-state index >= 15 is 0 Å². The van der Waals surface area contributed by atoms with Crippen molar-refractivity contribution in [1.82, 2.24) is 15.1 Å². The lowest BCUT2D eigenvalue weighted by molar-refractivity contribution is 0.0935. The van der Waals surface area contributed by atoms with Crippen molar-refractivity contribution in [3.05, 3.63) is 52.8 Å². The molecule has 0 aliphatic rings. The van der Waals surface area contributed by atoms with E-state index in [4.69, 9.17) is 0 Å². The van der Waals surface area contributed by atoms with E-state index < -0.39 is 0 Å². The molecule has 1 aromatic carbocycles. The average Bonchev–Trinajstić information content (AvgIpc) is 2.77. The number of benzene rings is 1. The van der Waals surface area contributed by atoms with Crippen LogP contribution in [0.3, 0.4) is 0 Å². The maximum atomic E-state index is 12.3. The van der Waals surface area contributed by atoms with Gasteiger partial charge in [0.1, 0.15) is 0 Å². The normalized spacial score (nSPS) is 12.2. The van der Waals surface area contributed by atoms with Crippen LogP contribution in [0, 0.1) is 13.8 Å². The molecular weight excluding hydrogens is 250 g/mol. The van der Waals surface area contributed by atoms with Crippen LogP contribution in [0.2, 0.25) is 0 Å². The van der Waals surface area contributed by atoms with E-state index in [1.807, 2.05) is 14.0 Å². The van der Waals surface area contributed by atoms with Crippen LogP contribution in [0.15, 0.2) is 30.5 Å². The zero-order valence-electron chi connectivity index (χ0n) is 12.5. The zero-order valence-corrected chi connectivity index (χ0v) is 12.5. The van der Waals surface area contributed by atoms with Gasteiger partial charge >= 0.3 is 0 Å². The second kappa shape index (κ2) is 5.90. The fraction of sp³-hybridized carbons (Fsp3) is 0.375. The fourth-order valence-electron chi connectivity index (χ4n) is 2.18. The topological polar surface area (TPSA) is 46.9 Å². The molecule has 1 atom stereocenters. The third-order valence-electron chi connectivity index (χ3n) is 3.67. The summed E-state index contributed by atoms with van der Waals surface area (Å²) in [4.78, 5) is 12.3. The Bertz CT molecular complexity index is 599. The Morgan fingerprint density at radius 1 is 1.30 bits per heavy atom. The van der Waals surface area contributed by atoms with Gasteiger partial charge in [-0.1, -0.05) is 36.8 Å². The molecular formula is C16H21N3O. The number of carbonyl (C=O) groups is 1. The largest absolute Gasteiger partial charge is 0.345 e. The Kier molecular flexibility index (Phi) is 4.23. The van der Waals surface area contributed by atoms with Crippen molar-refractivity contribution < 1.29 is 4.79 Å². The minimum atomic E-state index is -0.0666. The Hall–Kier alpha value is -2.10. The van der Waals surface area contributed by atoms with Gasteiger partial charge in [0.2, 0.25) is 0 Å². The first kappa shape index (κ1) is 14.3. The maximum absolute atomic E-state index is 12.3. The van der Waals surface area contributed by atoms with Gasteiger partial charge in [-0.15, -0.1) is 0 Å². The molecule has 4 heteroatoms. The van der Waals surface area contributed by atoms with Crippen molar-refractivity contribution in [3.8, 4) is 0 Å². The molecule has 4 nitrogen and oxygen atoms in total. The lowest BCUT2D eigenvalue weighted by atomic mass is 10.0. The molecule has 106 valence electrons. The smallest absolute Gasteiger partial charge is 0.255 e. The molecule has 1 heterocycles. The average molecular weight is 271 g/mol. The van der Waals surface area contributed by atoms with Crippen molar-refractivity contribution in [2.45, 2.75) is 33.2 Å². The Balaban J connectivity index is 2.16. The van der Waals surface area contributed by atoms with Crippen LogP contribution in [0.4, 0.5) is 0 Å². The molecule has 0 spiro atoms. The number of amides is 1. The first-order chi connectivity index (χ1) is 9.52. The third-order valence-corrected chi connectivity index (χ3v) is 3.67. The number of rotatable bonds is 4. The molecule has 0 aliphatic heterocycles. The van der Waals surface area contributed by atoms with Gasteiger partial charge in [-0.25, -0.2) is 0 Å². The van der Waals surface area contributed by atoms with Crippen LogP contribution in [0.1, 0.15) is 46.6 Å². The number of aryl methyl sites for hydroxylation is 2. The van der Waals surface area contributed by atoms with Gasteiger partial charge in [0, 0.05) is 12.7 Å². The lowest BCUT2D eigenvalue weighted by Crippen LogP contribution is -2.28. The number of aromatic nitrogens is 2. The van der Waals surface area contributed by atoms with Crippen LogP contribution < -0.4 is 5.32 Å². The molecule has 1 unspecified atom stereocenters. The molecule has 1 amide bonds. The number of nitrogens with zero attached hydrogens (tertiary/aromatic N) is 2. The predicted octanol–water partition coefficient (Wildman–Crippen LogP) is 2.92. The minimum Gasteiger partial charge on any atom is -0.345 e. The number of hydrogen-bond donors (Lipinski definition) is 1. The van der Waals surface area contributed by atoms with E-state index in [0.717, 1.165) is 17.7 Å². The summed E-state index contributed by atoms with van der Waals surface area (Å²) in [5.41, 5.74) is 3.87. The minimum absolute atomic E-state index is 0.0303. The summed E-state index contributed by atoms with van der Waals surface area (Å²) in [5, 5.41) is 7.19. The Morgan fingerprint density at radius 3 is 2.45 bits per heavy atom. The second-order valence-corrected chi connectivity index (χ2v) is 5.11. The van der Waals surface area contributed by atoms with Crippen molar-refractivity contribution in [1.29, 1.82) is 0 Å². The zero-order chi connectivity index (χ0) is 14.7. The van der Waals surface area contributed by atoms with Gasteiger partial charge in [-0.05, 0) is 25.8 Å². The molecule has 0 aliphatic carbocycles. The van der Waals surface area contributed by atoms with Crippen molar-refractivity contribution in [3.63, 3.8) is 0 Å². The van der Waals surface area contributed by atoms with E-state index in [1.54, 1.807) is 10.9 Å². The molecule has 0 bridgehead atoms. The summed E-state index contributed by atoms with van der Waals surface area (Å²) in [7, 11) is 1.84. The SMILES string of the molecule is CCC(NC(=O)c1cnn(C)c1C)c1ccc(C)cc1. The quantitative estimate of drug-likeness (QED) is 0.929. The standard InChI is InChI=1S/C16H21N3O/c1-5-15(13-8-6-11(2)7-9-13)18-16(20)14-10-17-19(4)12(14)3/h6-10,15H,5H2,1-4H3,(H,18,20). The van der Waals surface area contributed by atoms with E-state index in [0.29, 0.717) is 5.56 Å². The molecule has 0 fully saturated rings. The van der Waals surface area contributed by atoms with Gasteiger partial charge in [0.25, 0.3) is 5.91 Å². The second-order valence-electron chi connectivity index (χ2n) is 5.11. The van der Waals surface area contributed by atoms with Crippen molar-refractivity contribution in [2.75, 3.05) is 0 Å². The summed E-state index contributed by atoms with van der Waals surface area (Å²) < 4.78 is 1.71. The van der Waals surface area contributed by atoms with E-state index in [1.165, 1.54) is 5.56 Å². The van der Waals surface area contributed by atoms with Crippen LogP contribution in [-0.2, 0) is 7.05 Å². The molecule has 1 aromatic heterocycles. The molecule has 2 rings (SSSR count). The van der Waals surface area contributed by atoms with E-state index in [2.05, 4.69) is 48.5 Å². The Morgan fingerprint density at radius 2 is 1.95 bits per heavy atom. The van der Waals surface area contributed by atoms with E-state index in [9.17, 15) is 4.79 Å². The fourth-order valence-corrected chi connectivity index (χ4v) is 2.18. The van der Waals surface area contributed by atoms with Crippen LogP contribution in [-0.4, -0.2) is 15.7 Å². The van der Waals surface area contributed by atoms with Crippen molar-refractivity contribution in [2.24, 2.45) is 7.05 Å². The van der Waals surface area contributed by atoms with Gasteiger partial charge in [-0.2, -0.15) is 5.10 Å². The molecule has 0 saturated heterocycles. The summed E-state index contributed by atoms with van der Waals surface area (Å²) in [6.45, 7) is 6.03. The van der Waals surface area contributed by atoms with Crippen LogP contribution >= 0.6 is 0 Å². The molecule has 2 aromatic rings. The molecule has 0 saturated carbocycles. The first-order valence-corrected chi connectivity index (χ1v) is 6.89. The summed E-state index contributed by atoms with van der Waals surface area (Å²) in [6, 6.07) is 8.31. The van der Waals surface area contributed by atoms with Gasteiger partial charge < -0.3 is 5.32 Å². The molecule has 1 N–H and O–H groups in total. The summed E-state index contributed by atoms with van der Waals surface area (Å²) >= 11 is 0. The first-order valence-electron chi connectivity index (χ1n) is 6.89. The monoisotopic (exact) mass is 271 g/mol. The van der Waals surface area contributed by atoms with Gasteiger partial charge in [0.15, 0.2) is 0 Å². The van der Waals surface area contributed by atoms with E-state index in [-0.39, 0.29) is 11.9 Å². The highest BCUT2D eigenvalue weighted by molar-refractivity contribution is 5.95. The van der Waals surface area contributed by atoms with Gasteiger partial charge in [-0.3, -0.25) is 9.48 Å². The van der Waals surface area contributed by atoms with Crippen molar-refractivity contribution >= 4 is 5.91 Å². The Labute approximate surface area is 119 Å². The van der Waals surface area contributed by atoms with Crippen LogP contribution in [0.25, 0.3) is 0 Å². The highest BCUT2D eigenvalue weighted by Crippen LogP contribution is 2.18. The molecule has 20 heavy (non-hydrogen) atoms. The summed E-state index contributed by atoms with van der Waals surface area (Å²) in [5.74, 6) is -0.0666. The van der Waals surface area contributed by atoms with Gasteiger partial charge in [0.05, 0.1) is 17.8 Å². The summed E-state index contributed by atoms with van der Waals surface area (Å²) in [6.07, 6.45) is 2.47. The third kappa shape index (κ3) is 2.90. The highest BCUT2D eigenvalue weighted by Gasteiger charge is 2.17.